The number of nitrogens with zero attached hydrogens (tertiary/aromatic N) is 4. The fraction of sp³-hybridized carbons (Fsp3) is 0.217. The number of hydrogen-bond acceptors (Lipinski definition) is 6. The van der Waals surface area contributed by atoms with Gasteiger partial charge in [0.25, 0.3) is 0 Å². The molecule has 2 heterocycles. The lowest BCUT2D eigenvalue weighted by atomic mass is 10.0. The SMILES string of the molecule is Cc1ccccc1Oc1c(C)nnc2ccc(-c3cnc(C(C)(C)O)nc3)cc12. The highest BCUT2D eigenvalue weighted by molar-refractivity contribution is 5.89. The molecule has 0 aliphatic heterocycles. The van der Waals surface area contributed by atoms with E-state index in [4.69, 9.17) is 4.74 Å². The van der Waals surface area contributed by atoms with Gasteiger partial charge in [-0.2, -0.15) is 5.10 Å². The lowest BCUT2D eigenvalue weighted by Gasteiger charge is -2.15. The first kappa shape index (κ1) is 19.0. The van der Waals surface area contributed by atoms with Crippen LogP contribution in [0.3, 0.4) is 0 Å². The van der Waals surface area contributed by atoms with E-state index in [2.05, 4.69) is 20.2 Å². The first-order valence-electron chi connectivity index (χ1n) is 9.39. The van der Waals surface area contributed by atoms with Crippen molar-refractivity contribution in [1.29, 1.82) is 0 Å². The van der Waals surface area contributed by atoms with E-state index in [1.807, 2.05) is 56.3 Å². The van der Waals surface area contributed by atoms with Gasteiger partial charge in [-0.05, 0) is 57.0 Å². The summed E-state index contributed by atoms with van der Waals surface area (Å²) in [5.41, 5.74) is 3.20. The van der Waals surface area contributed by atoms with Crippen LogP contribution in [0.2, 0.25) is 0 Å². The van der Waals surface area contributed by atoms with Crippen molar-refractivity contribution >= 4 is 10.9 Å². The molecular formula is C23H22N4O2. The smallest absolute Gasteiger partial charge is 0.159 e. The molecular weight excluding hydrogens is 364 g/mol. The van der Waals surface area contributed by atoms with E-state index in [0.29, 0.717) is 17.3 Å². The third kappa shape index (κ3) is 3.79. The number of aromatic nitrogens is 4. The normalized spacial score (nSPS) is 11.6. The van der Waals surface area contributed by atoms with Crippen LogP contribution in [0.5, 0.6) is 11.5 Å². The highest BCUT2D eigenvalue weighted by Crippen LogP contribution is 2.34. The predicted molar refractivity (Wildman–Crippen MR) is 112 cm³/mol. The molecule has 0 saturated heterocycles. The van der Waals surface area contributed by atoms with E-state index in [1.165, 1.54) is 0 Å². The Balaban J connectivity index is 1.80. The molecule has 6 nitrogen and oxygen atoms in total. The molecule has 4 rings (SSSR count). The molecule has 0 saturated carbocycles. The maximum atomic E-state index is 10.1. The number of aliphatic hydroxyl groups is 1. The zero-order valence-corrected chi connectivity index (χ0v) is 16.8. The van der Waals surface area contributed by atoms with E-state index in [-0.39, 0.29) is 0 Å². The maximum absolute atomic E-state index is 10.1. The van der Waals surface area contributed by atoms with Gasteiger partial charge in [0.2, 0.25) is 0 Å². The third-order valence-corrected chi connectivity index (χ3v) is 4.72. The predicted octanol–water partition coefficient (Wildman–Crippen LogP) is 4.72. The first-order valence-corrected chi connectivity index (χ1v) is 9.39. The quantitative estimate of drug-likeness (QED) is 0.546. The Labute approximate surface area is 169 Å². The average molecular weight is 386 g/mol. The second-order valence-corrected chi connectivity index (χ2v) is 7.57. The minimum absolute atomic E-state index is 0.382. The van der Waals surface area contributed by atoms with Crippen molar-refractivity contribution in [1.82, 2.24) is 20.2 Å². The molecule has 0 spiro atoms. The Morgan fingerprint density at radius 1 is 0.897 bits per heavy atom. The van der Waals surface area contributed by atoms with Crippen LogP contribution in [0.25, 0.3) is 22.0 Å². The summed E-state index contributed by atoms with van der Waals surface area (Å²) in [6, 6.07) is 13.7. The van der Waals surface area contributed by atoms with Crippen LogP contribution in [0, 0.1) is 13.8 Å². The Morgan fingerprint density at radius 3 is 2.31 bits per heavy atom. The number of benzene rings is 2. The summed E-state index contributed by atoms with van der Waals surface area (Å²) in [6.45, 7) is 7.21. The molecule has 0 fully saturated rings. The molecule has 4 aromatic rings. The topological polar surface area (TPSA) is 81.0 Å². The fourth-order valence-corrected chi connectivity index (χ4v) is 3.06. The van der Waals surface area contributed by atoms with Crippen molar-refractivity contribution in [3.05, 3.63) is 71.9 Å². The second-order valence-electron chi connectivity index (χ2n) is 7.57. The van der Waals surface area contributed by atoms with Gasteiger partial charge in [0.05, 0.1) is 5.52 Å². The summed E-state index contributed by atoms with van der Waals surface area (Å²) >= 11 is 0. The standard InChI is InChI=1S/C23H22N4O2/c1-14-7-5-6-8-20(14)29-21-15(2)26-27-19-10-9-16(11-18(19)21)17-12-24-22(25-13-17)23(3,4)28/h5-13,28H,1-4H3. The molecule has 0 radical (unpaired) electrons. The van der Waals surface area contributed by atoms with Gasteiger partial charge in [-0.3, -0.25) is 0 Å². The maximum Gasteiger partial charge on any atom is 0.159 e. The Bertz CT molecular complexity index is 1180. The molecule has 0 unspecified atom stereocenters. The van der Waals surface area contributed by atoms with E-state index in [1.54, 1.807) is 26.2 Å². The molecule has 146 valence electrons. The monoisotopic (exact) mass is 386 g/mol. The highest BCUT2D eigenvalue weighted by Gasteiger charge is 2.19. The summed E-state index contributed by atoms with van der Waals surface area (Å²) in [5.74, 6) is 1.85. The Kier molecular flexibility index (Phi) is 4.72. The van der Waals surface area contributed by atoms with Gasteiger partial charge in [0.15, 0.2) is 11.6 Å². The zero-order valence-electron chi connectivity index (χ0n) is 16.8. The Hall–Kier alpha value is -3.38. The minimum Gasteiger partial charge on any atom is -0.454 e. The van der Waals surface area contributed by atoms with Gasteiger partial charge in [-0.15, -0.1) is 5.10 Å². The number of fused-ring (bicyclic) bond motifs is 1. The number of ether oxygens (including phenoxy) is 1. The van der Waals surface area contributed by atoms with Crippen molar-refractivity contribution in [3.8, 4) is 22.6 Å². The second kappa shape index (κ2) is 7.22. The molecule has 0 atom stereocenters. The molecule has 2 aromatic carbocycles. The number of rotatable bonds is 4. The zero-order chi connectivity index (χ0) is 20.6. The summed E-state index contributed by atoms with van der Waals surface area (Å²) in [4.78, 5) is 8.61. The molecule has 2 aromatic heterocycles. The van der Waals surface area contributed by atoms with Crippen LogP contribution in [0.1, 0.15) is 30.9 Å². The van der Waals surface area contributed by atoms with Gasteiger partial charge in [-0.1, -0.05) is 24.3 Å². The van der Waals surface area contributed by atoms with E-state index < -0.39 is 5.60 Å². The van der Waals surface area contributed by atoms with Crippen molar-refractivity contribution < 1.29 is 9.84 Å². The van der Waals surface area contributed by atoms with Crippen molar-refractivity contribution in [3.63, 3.8) is 0 Å². The number of aryl methyl sites for hydroxylation is 2. The minimum atomic E-state index is -1.08. The van der Waals surface area contributed by atoms with Crippen LogP contribution in [0.4, 0.5) is 0 Å². The molecule has 0 bridgehead atoms. The van der Waals surface area contributed by atoms with Gasteiger partial charge in [-0.25, -0.2) is 9.97 Å². The van der Waals surface area contributed by atoms with Gasteiger partial charge in [0, 0.05) is 23.3 Å². The van der Waals surface area contributed by atoms with Crippen molar-refractivity contribution in [2.24, 2.45) is 0 Å². The summed E-state index contributed by atoms with van der Waals surface area (Å²) in [5, 5.41) is 19.5. The molecule has 0 aliphatic rings. The number of hydrogen-bond donors (Lipinski definition) is 1. The average Bonchev–Trinajstić information content (AvgIpc) is 2.70. The number of para-hydroxylation sites is 1. The summed E-state index contributed by atoms with van der Waals surface area (Å²) < 4.78 is 6.24. The third-order valence-electron chi connectivity index (χ3n) is 4.72. The van der Waals surface area contributed by atoms with E-state index in [9.17, 15) is 5.11 Å². The molecule has 29 heavy (non-hydrogen) atoms. The van der Waals surface area contributed by atoms with E-state index >= 15 is 0 Å². The summed E-state index contributed by atoms with van der Waals surface area (Å²) in [7, 11) is 0. The van der Waals surface area contributed by atoms with Gasteiger partial charge >= 0.3 is 0 Å². The highest BCUT2D eigenvalue weighted by atomic mass is 16.5. The molecule has 0 aliphatic carbocycles. The lowest BCUT2D eigenvalue weighted by Crippen LogP contribution is -2.19. The van der Waals surface area contributed by atoms with Crippen molar-refractivity contribution in [2.75, 3.05) is 0 Å². The van der Waals surface area contributed by atoms with Crippen LogP contribution < -0.4 is 4.74 Å². The lowest BCUT2D eigenvalue weighted by molar-refractivity contribution is 0.0687. The molecule has 0 amide bonds. The summed E-state index contributed by atoms with van der Waals surface area (Å²) in [6.07, 6.45) is 3.43. The first-order chi connectivity index (χ1) is 13.8. The largest absolute Gasteiger partial charge is 0.454 e. The molecule has 6 heteroatoms. The van der Waals surface area contributed by atoms with Crippen LogP contribution in [-0.2, 0) is 5.60 Å². The van der Waals surface area contributed by atoms with Gasteiger partial charge in [0.1, 0.15) is 17.0 Å². The van der Waals surface area contributed by atoms with Crippen LogP contribution >= 0.6 is 0 Å². The Morgan fingerprint density at radius 2 is 1.62 bits per heavy atom. The van der Waals surface area contributed by atoms with Crippen molar-refractivity contribution in [2.45, 2.75) is 33.3 Å². The van der Waals surface area contributed by atoms with Crippen LogP contribution in [-0.4, -0.2) is 25.3 Å². The van der Waals surface area contributed by atoms with Crippen LogP contribution in [0.15, 0.2) is 54.9 Å². The molecule has 1 N–H and O–H groups in total. The van der Waals surface area contributed by atoms with Gasteiger partial charge < -0.3 is 9.84 Å². The fourth-order valence-electron chi connectivity index (χ4n) is 3.06. The van der Waals surface area contributed by atoms with E-state index in [0.717, 1.165) is 33.3 Å².